The van der Waals surface area contributed by atoms with Crippen molar-refractivity contribution < 1.29 is 9.90 Å². The predicted molar refractivity (Wildman–Crippen MR) is 63.2 cm³/mol. The molecule has 5 heteroatoms. The van der Waals surface area contributed by atoms with Crippen LogP contribution >= 0.6 is 0 Å². The fourth-order valence-electron chi connectivity index (χ4n) is 2.14. The van der Waals surface area contributed by atoms with Crippen molar-refractivity contribution in [2.24, 2.45) is 0 Å². The number of carbonyl (C=O) groups is 1. The summed E-state index contributed by atoms with van der Waals surface area (Å²) in [6.07, 6.45) is 2.36. The quantitative estimate of drug-likeness (QED) is 0.556. The van der Waals surface area contributed by atoms with Crippen LogP contribution in [-0.2, 0) is 4.79 Å². The average molecular weight is 229 g/mol. The van der Waals surface area contributed by atoms with Crippen LogP contribution in [0.25, 0.3) is 0 Å². The first-order valence-corrected chi connectivity index (χ1v) is 5.99. The van der Waals surface area contributed by atoms with Crippen LogP contribution in [0.15, 0.2) is 0 Å². The Morgan fingerprint density at radius 1 is 1.69 bits per heavy atom. The zero-order chi connectivity index (χ0) is 12.0. The number of rotatable bonds is 6. The predicted octanol–water partition coefficient (Wildman–Crippen LogP) is -0.833. The third kappa shape index (κ3) is 3.73. The van der Waals surface area contributed by atoms with Gasteiger partial charge in [-0.15, -0.1) is 0 Å². The van der Waals surface area contributed by atoms with E-state index in [2.05, 4.69) is 10.6 Å². The summed E-state index contributed by atoms with van der Waals surface area (Å²) in [4.78, 5) is 13.6. The summed E-state index contributed by atoms with van der Waals surface area (Å²) < 4.78 is 0. The van der Waals surface area contributed by atoms with Crippen molar-refractivity contribution in [2.75, 3.05) is 33.3 Å². The maximum Gasteiger partial charge on any atom is 0.236 e. The summed E-state index contributed by atoms with van der Waals surface area (Å²) >= 11 is 0. The van der Waals surface area contributed by atoms with Crippen LogP contribution in [0.4, 0.5) is 0 Å². The Hall–Kier alpha value is -0.650. The Morgan fingerprint density at radius 2 is 2.44 bits per heavy atom. The third-order valence-corrected chi connectivity index (χ3v) is 3.18. The van der Waals surface area contributed by atoms with Gasteiger partial charge in [0.25, 0.3) is 0 Å². The molecule has 1 aliphatic heterocycles. The molecule has 0 spiro atoms. The molecule has 2 atom stereocenters. The van der Waals surface area contributed by atoms with E-state index in [1.807, 2.05) is 11.8 Å². The number of aliphatic hydroxyl groups is 1. The smallest absolute Gasteiger partial charge is 0.236 e. The Bertz CT molecular complexity index is 217. The number of hydrogen-bond donors (Lipinski definition) is 3. The Balaban J connectivity index is 2.47. The SMILES string of the molecule is CNC(=O)C(C)N(CCO)CC1CCCN1. The van der Waals surface area contributed by atoms with E-state index >= 15 is 0 Å². The topological polar surface area (TPSA) is 64.6 Å². The van der Waals surface area contributed by atoms with Gasteiger partial charge in [-0.05, 0) is 26.3 Å². The van der Waals surface area contributed by atoms with Gasteiger partial charge in [0.05, 0.1) is 12.6 Å². The van der Waals surface area contributed by atoms with Crippen molar-refractivity contribution in [1.29, 1.82) is 0 Å². The Kier molecular flexibility index (Phi) is 5.73. The number of likely N-dealkylation sites (N-methyl/N-ethyl adjacent to an activating group) is 1. The standard InChI is InChI=1S/C11H23N3O2/c1-9(11(16)12-2)14(6-7-15)8-10-4-3-5-13-10/h9-10,13,15H,3-8H2,1-2H3,(H,12,16). The van der Waals surface area contributed by atoms with Crippen molar-refractivity contribution in [3.05, 3.63) is 0 Å². The monoisotopic (exact) mass is 229 g/mol. The molecule has 1 fully saturated rings. The second-order valence-corrected chi connectivity index (χ2v) is 4.30. The highest BCUT2D eigenvalue weighted by Crippen LogP contribution is 2.09. The first kappa shape index (κ1) is 13.4. The van der Waals surface area contributed by atoms with Gasteiger partial charge in [-0.25, -0.2) is 0 Å². The van der Waals surface area contributed by atoms with Gasteiger partial charge in [0.2, 0.25) is 5.91 Å². The lowest BCUT2D eigenvalue weighted by Crippen LogP contribution is -2.49. The molecule has 0 bridgehead atoms. The van der Waals surface area contributed by atoms with E-state index in [0.717, 1.165) is 19.5 Å². The summed E-state index contributed by atoms with van der Waals surface area (Å²) in [5.41, 5.74) is 0. The lowest BCUT2D eigenvalue weighted by atomic mass is 10.1. The molecule has 1 heterocycles. The summed E-state index contributed by atoms with van der Waals surface area (Å²) in [7, 11) is 1.64. The second-order valence-electron chi connectivity index (χ2n) is 4.30. The number of aliphatic hydroxyl groups excluding tert-OH is 1. The van der Waals surface area contributed by atoms with Gasteiger partial charge in [0, 0.05) is 26.2 Å². The van der Waals surface area contributed by atoms with E-state index < -0.39 is 0 Å². The second kappa shape index (κ2) is 6.83. The first-order valence-electron chi connectivity index (χ1n) is 5.99. The van der Waals surface area contributed by atoms with Crippen LogP contribution in [0.1, 0.15) is 19.8 Å². The Labute approximate surface area is 97.2 Å². The minimum atomic E-state index is -0.181. The summed E-state index contributed by atoms with van der Waals surface area (Å²) in [6.45, 7) is 4.41. The van der Waals surface area contributed by atoms with E-state index in [1.165, 1.54) is 6.42 Å². The highest BCUT2D eigenvalue weighted by Gasteiger charge is 2.24. The van der Waals surface area contributed by atoms with Crippen LogP contribution in [0.3, 0.4) is 0 Å². The van der Waals surface area contributed by atoms with Crippen LogP contribution in [0, 0.1) is 0 Å². The summed E-state index contributed by atoms with van der Waals surface area (Å²) in [6, 6.07) is 0.276. The molecule has 0 aromatic carbocycles. The van der Waals surface area contributed by atoms with Crippen LogP contribution in [0.5, 0.6) is 0 Å². The molecular formula is C11H23N3O2. The molecule has 0 aromatic rings. The van der Waals surface area contributed by atoms with Gasteiger partial charge < -0.3 is 15.7 Å². The molecule has 2 unspecified atom stereocenters. The number of hydrogen-bond acceptors (Lipinski definition) is 4. The fraction of sp³-hybridized carbons (Fsp3) is 0.909. The number of carbonyl (C=O) groups excluding carboxylic acids is 1. The van der Waals surface area contributed by atoms with Crippen LogP contribution < -0.4 is 10.6 Å². The van der Waals surface area contributed by atoms with Gasteiger partial charge in [-0.1, -0.05) is 0 Å². The van der Waals surface area contributed by atoms with Crippen molar-refractivity contribution >= 4 is 5.91 Å². The van der Waals surface area contributed by atoms with Crippen molar-refractivity contribution in [2.45, 2.75) is 31.8 Å². The molecule has 0 radical (unpaired) electrons. The third-order valence-electron chi connectivity index (χ3n) is 3.18. The molecule has 1 saturated heterocycles. The zero-order valence-corrected chi connectivity index (χ0v) is 10.2. The number of nitrogens with one attached hydrogen (secondary N) is 2. The number of amides is 1. The largest absolute Gasteiger partial charge is 0.395 e. The summed E-state index contributed by atoms with van der Waals surface area (Å²) in [5, 5.41) is 15.1. The normalized spacial score (nSPS) is 22.4. The molecule has 0 saturated carbocycles. The van der Waals surface area contributed by atoms with Gasteiger partial charge in [-0.2, -0.15) is 0 Å². The van der Waals surface area contributed by atoms with Crippen molar-refractivity contribution in [1.82, 2.24) is 15.5 Å². The molecule has 1 rings (SSSR count). The van der Waals surface area contributed by atoms with Gasteiger partial charge in [0.1, 0.15) is 0 Å². The summed E-state index contributed by atoms with van der Waals surface area (Å²) in [5.74, 6) is 0.00597. The average Bonchev–Trinajstić information content (AvgIpc) is 2.79. The van der Waals surface area contributed by atoms with Crippen molar-refractivity contribution in [3.8, 4) is 0 Å². The van der Waals surface area contributed by atoms with Crippen molar-refractivity contribution in [3.63, 3.8) is 0 Å². The van der Waals surface area contributed by atoms with Gasteiger partial charge in [0.15, 0.2) is 0 Å². The van der Waals surface area contributed by atoms with Gasteiger partial charge >= 0.3 is 0 Å². The minimum absolute atomic E-state index is 0.00597. The molecule has 0 aromatic heterocycles. The molecule has 3 N–H and O–H groups in total. The van der Waals surface area contributed by atoms with Crippen LogP contribution in [0.2, 0.25) is 0 Å². The highest BCUT2D eigenvalue weighted by atomic mass is 16.3. The van der Waals surface area contributed by atoms with Gasteiger partial charge in [-0.3, -0.25) is 9.69 Å². The maximum atomic E-state index is 11.5. The lowest BCUT2D eigenvalue weighted by Gasteiger charge is -2.29. The molecular weight excluding hydrogens is 206 g/mol. The molecule has 1 amide bonds. The van der Waals surface area contributed by atoms with Crippen LogP contribution in [-0.4, -0.2) is 61.3 Å². The molecule has 5 nitrogen and oxygen atoms in total. The van der Waals surface area contributed by atoms with E-state index in [9.17, 15) is 4.79 Å². The molecule has 94 valence electrons. The highest BCUT2D eigenvalue weighted by molar-refractivity contribution is 5.80. The minimum Gasteiger partial charge on any atom is -0.395 e. The van der Waals surface area contributed by atoms with E-state index in [1.54, 1.807) is 7.05 Å². The Morgan fingerprint density at radius 3 is 2.94 bits per heavy atom. The molecule has 16 heavy (non-hydrogen) atoms. The maximum absolute atomic E-state index is 11.5. The van der Waals surface area contributed by atoms with E-state index in [4.69, 9.17) is 5.11 Å². The first-order chi connectivity index (χ1) is 7.69. The molecule has 0 aliphatic carbocycles. The van der Waals surface area contributed by atoms with E-state index in [-0.39, 0.29) is 18.6 Å². The molecule has 1 aliphatic rings. The lowest BCUT2D eigenvalue weighted by molar-refractivity contribution is -0.125. The zero-order valence-electron chi connectivity index (χ0n) is 10.2. The van der Waals surface area contributed by atoms with E-state index in [0.29, 0.717) is 12.6 Å². The fourth-order valence-corrected chi connectivity index (χ4v) is 2.14. The number of nitrogens with zero attached hydrogens (tertiary/aromatic N) is 1.